The molecule has 0 aliphatic carbocycles. The maximum absolute atomic E-state index is 12.8. The van der Waals surface area contributed by atoms with E-state index in [4.69, 9.17) is 4.74 Å². The first-order chi connectivity index (χ1) is 12.1. The van der Waals surface area contributed by atoms with Gasteiger partial charge in [0.05, 0.1) is 13.2 Å². The quantitative estimate of drug-likeness (QED) is 0.929. The molecule has 0 saturated carbocycles. The van der Waals surface area contributed by atoms with Crippen LogP contribution in [0.2, 0.25) is 0 Å². The molecule has 1 N–H and O–H groups in total. The lowest BCUT2D eigenvalue weighted by Crippen LogP contribution is -2.41. The highest BCUT2D eigenvalue weighted by Crippen LogP contribution is 2.37. The lowest BCUT2D eigenvalue weighted by Gasteiger charge is -2.29. The van der Waals surface area contributed by atoms with Crippen LogP contribution in [0.5, 0.6) is 5.75 Å². The Balaban J connectivity index is 1.93. The second kappa shape index (κ2) is 7.70. The summed E-state index contributed by atoms with van der Waals surface area (Å²) in [6.45, 7) is 6.36. The van der Waals surface area contributed by atoms with Gasteiger partial charge in [0.25, 0.3) is 0 Å². The Kier molecular flexibility index (Phi) is 5.39. The van der Waals surface area contributed by atoms with Gasteiger partial charge in [-0.15, -0.1) is 0 Å². The highest BCUT2D eigenvalue weighted by molar-refractivity contribution is 5.78. The topological polar surface area (TPSA) is 49.8 Å². The Labute approximate surface area is 149 Å². The van der Waals surface area contributed by atoms with Crippen molar-refractivity contribution >= 4 is 5.91 Å². The number of phenolic OH excluding ortho intramolecular Hbond substituents is 1. The number of carbonyl (C=O) groups excluding carboxylic acids is 1. The standard InChI is InChI=1S/C21H25NO3/c1-15-8-9-18(21(24)16(15)2)19(17-6-4-3-5-7-17)14-20(23)22-10-12-25-13-11-22/h3-9,19,24H,10-14H2,1-2H3/t19-/m1/s1. The average molecular weight is 339 g/mol. The third-order valence-corrected chi connectivity index (χ3v) is 5.05. The molecular formula is C21H25NO3. The number of rotatable bonds is 4. The molecule has 2 aromatic carbocycles. The number of carbonyl (C=O) groups is 1. The molecule has 0 aromatic heterocycles. The Hall–Kier alpha value is -2.33. The average Bonchev–Trinajstić information content (AvgIpc) is 2.66. The summed E-state index contributed by atoms with van der Waals surface area (Å²) in [6, 6.07) is 13.9. The number of benzene rings is 2. The summed E-state index contributed by atoms with van der Waals surface area (Å²) in [4.78, 5) is 14.7. The van der Waals surface area contributed by atoms with Crippen LogP contribution in [-0.4, -0.2) is 42.2 Å². The zero-order chi connectivity index (χ0) is 17.8. The molecule has 1 fully saturated rings. The largest absolute Gasteiger partial charge is 0.507 e. The second-order valence-electron chi connectivity index (χ2n) is 6.61. The van der Waals surface area contributed by atoms with E-state index in [0.717, 1.165) is 22.3 Å². The summed E-state index contributed by atoms with van der Waals surface area (Å²) in [5.41, 5.74) is 3.78. The number of aromatic hydroxyl groups is 1. The van der Waals surface area contributed by atoms with Crippen LogP contribution in [0.25, 0.3) is 0 Å². The molecule has 4 nitrogen and oxygen atoms in total. The number of hydrogen-bond acceptors (Lipinski definition) is 3. The molecule has 25 heavy (non-hydrogen) atoms. The summed E-state index contributed by atoms with van der Waals surface area (Å²) >= 11 is 0. The Bertz CT molecular complexity index is 736. The van der Waals surface area contributed by atoms with E-state index in [1.807, 2.05) is 61.2 Å². The van der Waals surface area contributed by atoms with E-state index in [9.17, 15) is 9.90 Å². The molecule has 0 radical (unpaired) electrons. The van der Waals surface area contributed by atoms with Crippen LogP contribution in [0.15, 0.2) is 42.5 Å². The van der Waals surface area contributed by atoms with Crippen molar-refractivity contribution in [3.05, 3.63) is 64.7 Å². The van der Waals surface area contributed by atoms with Crippen LogP contribution < -0.4 is 0 Å². The Morgan fingerprint density at radius 2 is 1.80 bits per heavy atom. The molecule has 1 amide bonds. The van der Waals surface area contributed by atoms with Gasteiger partial charge in [0.2, 0.25) is 5.91 Å². The van der Waals surface area contributed by atoms with Crippen LogP contribution >= 0.6 is 0 Å². The summed E-state index contributed by atoms with van der Waals surface area (Å²) in [6.07, 6.45) is 0.347. The van der Waals surface area contributed by atoms with Crippen LogP contribution in [0.4, 0.5) is 0 Å². The van der Waals surface area contributed by atoms with Gasteiger partial charge in [-0.3, -0.25) is 4.79 Å². The third kappa shape index (κ3) is 3.85. The normalized spacial score (nSPS) is 15.8. The molecule has 2 aromatic rings. The third-order valence-electron chi connectivity index (χ3n) is 5.05. The van der Waals surface area contributed by atoms with Gasteiger partial charge in [0.1, 0.15) is 5.75 Å². The SMILES string of the molecule is Cc1ccc([C@H](CC(=O)N2CCOCC2)c2ccccc2)c(O)c1C. The monoisotopic (exact) mass is 339 g/mol. The number of morpholine rings is 1. The molecule has 0 spiro atoms. The summed E-state index contributed by atoms with van der Waals surface area (Å²) in [5.74, 6) is 0.245. The van der Waals surface area contributed by atoms with E-state index in [1.54, 1.807) is 0 Å². The number of ether oxygens (including phenoxy) is 1. The van der Waals surface area contributed by atoms with Crippen molar-refractivity contribution in [3.63, 3.8) is 0 Å². The van der Waals surface area contributed by atoms with Crippen molar-refractivity contribution in [1.82, 2.24) is 4.90 Å². The zero-order valence-electron chi connectivity index (χ0n) is 14.9. The zero-order valence-corrected chi connectivity index (χ0v) is 14.9. The maximum atomic E-state index is 12.8. The number of nitrogens with zero attached hydrogens (tertiary/aromatic N) is 1. The van der Waals surface area contributed by atoms with Crippen molar-refractivity contribution < 1.29 is 14.6 Å². The number of amides is 1. The van der Waals surface area contributed by atoms with Crippen LogP contribution in [0.1, 0.15) is 34.6 Å². The molecule has 1 saturated heterocycles. The first-order valence-electron chi connectivity index (χ1n) is 8.77. The lowest BCUT2D eigenvalue weighted by atomic mass is 9.85. The van der Waals surface area contributed by atoms with E-state index < -0.39 is 0 Å². The molecule has 1 heterocycles. The summed E-state index contributed by atoms with van der Waals surface area (Å²) in [5, 5.41) is 10.7. The van der Waals surface area contributed by atoms with Crippen molar-refractivity contribution in [2.75, 3.05) is 26.3 Å². The predicted molar refractivity (Wildman–Crippen MR) is 97.9 cm³/mol. The fourth-order valence-corrected chi connectivity index (χ4v) is 3.31. The van der Waals surface area contributed by atoms with Gasteiger partial charge in [0, 0.05) is 31.0 Å². The van der Waals surface area contributed by atoms with E-state index >= 15 is 0 Å². The van der Waals surface area contributed by atoms with Crippen LogP contribution in [0, 0.1) is 13.8 Å². The fraction of sp³-hybridized carbons (Fsp3) is 0.381. The Morgan fingerprint density at radius 3 is 2.48 bits per heavy atom. The van der Waals surface area contributed by atoms with Gasteiger partial charge in [-0.2, -0.15) is 0 Å². The van der Waals surface area contributed by atoms with Crippen molar-refractivity contribution in [2.24, 2.45) is 0 Å². The van der Waals surface area contributed by atoms with E-state index in [2.05, 4.69) is 0 Å². The second-order valence-corrected chi connectivity index (χ2v) is 6.61. The number of hydrogen-bond donors (Lipinski definition) is 1. The van der Waals surface area contributed by atoms with Gasteiger partial charge in [-0.25, -0.2) is 0 Å². The predicted octanol–water partition coefficient (Wildman–Crippen LogP) is 3.39. The fourth-order valence-electron chi connectivity index (χ4n) is 3.31. The first kappa shape index (κ1) is 17.5. The Morgan fingerprint density at radius 1 is 1.12 bits per heavy atom. The molecule has 132 valence electrons. The lowest BCUT2D eigenvalue weighted by molar-refractivity contribution is -0.135. The molecule has 4 heteroatoms. The minimum atomic E-state index is -0.157. The van der Waals surface area contributed by atoms with Gasteiger partial charge < -0.3 is 14.7 Å². The van der Waals surface area contributed by atoms with Crippen LogP contribution in [0.3, 0.4) is 0 Å². The highest BCUT2D eigenvalue weighted by atomic mass is 16.5. The van der Waals surface area contributed by atoms with Crippen molar-refractivity contribution in [3.8, 4) is 5.75 Å². The molecular weight excluding hydrogens is 314 g/mol. The molecule has 1 atom stereocenters. The van der Waals surface area contributed by atoms with E-state index in [1.165, 1.54) is 0 Å². The smallest absolute Gasteiger partial charge is 0.223 e. The van der Waals surface area contributed by atoms with Crippen LogP contribution in [-0.2, 0) is 9.53 Å². The first-order valence-corrected chi connectivity index (χ1v) is 8.77. The summed E-state index contributed by atoms with van der Waals surface area (Å²) < 4.78 is 5.34. The van der Waals surface area contributed by atoms with Gasteiger partial charge in [-0.1, -0.05) is 42.5 Å². The highest BCUT2D eigenvalue weighted by Gasteiger charge is 2.25. The van der Waals surface area contributed by atoms with Gasteiger partial charge in [0.15, 0.2) is 0 Å². The number of phenols is 1. The molecule has 0 bridgehead atoms. The molecule has 3 rings (SSSR count). The van der Waals surface area contributed by atoms with Gasteiger partial charge >= 0.3 is 0 Å². The number of aryl methyl sites for hydroxylation is 1. The molecule has 1 aliphatic rings. The van der Waals surface area contributed by atoms with Crippen molar-refractivity contribution in [2.45, 2.75) is 26.2 Å². The summed E-state index contributed by atoms with van der Waals surface area (Å²) in [7, 11) is 0. The van der Waals surface area contributed by atoms with E-state index in [0.29, 0.717) is 38.5 Å². The molecule has 1 aliphatic heterocycles. The van der Waals surface area contributed by atoms with Gasteiger partial charge in [-0.05, 0) is 30.5 Å². The minimum absolute atomic E-state index is 0.106. The molecule has 0 unspecified atom stereocenters. The minimum Gasteiger partial charge on any atom is -0.507 e. The van der Waals surface area contributed by atoms with Crippen molar-refractivity contribution in [1.29, 1.82) is 0 Å². The van der Waals surface area contributed by atoms with E-state index in [-0.39, 0.29) is 11.8 Å². The maximum Gasteiger partial charge on any atom is 0.223 e.